The van der Waals surface area contributed by atoms with Crippen molar-refractivity contribution in [1.29, 1.82) is 0 Å². The van der Waals surface area contributed by atoms with Gasteiger partial charge in [-0.3, -0.25) is 13.9 Å². The van der Waals surface area contributed by atoms with Gasteiger partial charge in [0, 0.05) is 35.6 Å². The van der Waals surface area contributed by atoms with Crippen molar-refractivity contribution in [3.8, 4) is 11.5 Å². The number of hydrogen-bond donors (Lipinski definition) is 1. The van der Waals surface area contributed by atoms with Gasteiger partial charge in [0.1, 0.15) is 12.6 Å². The van der Waals surface area contributed by atoms with Crippen LogP contribution in [0.1, 0.15) is 18.1 Å². The molecule has 12 heteroatoms. The first kappa shape index (κ1) is 34.6. The smallest absolute Gasteiger partial charge is 0.264 e. The lowest BCUT2D eigenvalue weighted by atomic mass is 10.0. The molecule has 0 bridgehead atoms. The molecule has 0 heterocycles. The maximum absolute atomic E-state index is 14.5. The maximum Gasteiger partial charge on any atom is 0.264 e. The second kappa shape index (κ2) is 15.8. The highest BCUT2D eigenvalue weighted by atomic mass is 35.5. The molecule has 4 aromatic carbocycles. The summed E-state index contributed by atoms with van der Waals surface area (Å²) >= 11 is 12.7. The van der Waals surface area contributed by atoms with E-state index < -0.39 is 28.5 Å². The zero-order valence-corrected chi connectivity index (χ0v) is 28.0. The topological polar surface area (TPSA) is 105 Å². The number of benzene rings is 4. The largest absolute Gasteiger partial charge is 0.493 e. The molecule has 0 spiro atoms. The van der Waals surface area contributed by atoms with Gasteiger partial charge in [-0.25, -0.2) is 8.42 Å². The van der Waals surface area contributed by atoms with Gasteiger partial charge in [0.15, 0.2) is 11.5 Å². The van der Waals surface area contributed by atoms with Crippen molar-refractivity contribution in [2.45, 2.75) is 30.8 Å². The highest BCUT2D eigenvalue weighted by Gasteiger charge is 2.35. The molecule has 0 aromatic heterocycles. The summed E-state index contributed by atoms with van der Waals surface area (Å²) in [5.74, 6) is -0.462. The quantitative estimate of drug-likeness (QED) is 0.175. The molecule has 2 amide bonds. The molecule has 0 aliphatic heterocycles. The number of methoxy groups -OCH3 is 2. The van der Waals surface area contributed by atoms with Crippen LogP contribution in [-0.4, -0.2) is 58.5 Å². The van der Waals surface area contributed by atoms with E-state index in [0.717, 1.165) is 9.87 Å². The third-order valence-electron chi connectivity index (χ3n) is 7.26. The molecule has 1 N–H and O–H groups in total. The molecule has 0 aliphatic carbocycles. The van der Waals surface area contributed by atoms with E-state index in [0.29, 0.717) is 27.9 Å². The first-order valence-corrected chi connectivity index (χ1v) is 16.6. The van der Waals surface area contributed by atoms with E-state index >= 15 is 0 Å². The lowest BCUT2D eigenvalue weighted by molar-refractivity contribution is -0.140. The van der Waals surface area contributed by atoms with Crippen molar-refractivity contribution in [2.75, 3.05) is 31.6 Å². The van der Waals surface area contributed by atoms with Gasteiger partial charge >= 0.3 is 0 Å². The van der Waals surface area contributed by atoms with Crippen molar-refractivity contribution >= 4 is 50.7 Å². The molecule has 0 saturated heterocycles. The van der Waals surface area contributed by atoms with Gasteiger partial charge in [0.25, 0.3) is 10.0 Å². The number of sulfonamides is 1. The minimum absolute atomic E-state index is 0.0436. The summed E-state index contributed by atoms with van der Waals surface area (Å²) in [6, 6.07) is 25.6. The Morgan fingerprint density at radius 3 is 2.13 bits per heavy atom. The fourth-order valence-electron chi connectivity index (χ4n) is 4.90. The van der Waals surface area contributed by atoms with Crippen LogP contribution < -0.4 is 19.1 Å². The summed E-state index contributed by atoms with van der Waals surface area (Å²) in [6.07, 6.45) is 0.187. The van der Waals surface area contributed by atoms with Crippen LogP contribution in [0.4, 0.5) is 5.69 Å². The zero-order valence-electron chi connectivity index (χ0n) is 25.7. The van der Waals surface area contributed by atoms with Crippen LogP contribution in [0.2, 0.25) is 10.0 Å². The predicted molar refractivity (Wildman–Crippen MR) is 180 cm³/mol. The second-order valence-electron chi connectivity index (χ2n) is 10.2. The number of nitrogens with one attached hydrogen (secondary N) is 1. The van der Waals surface area contributed by atoms with E-state index in [9.17, 15) is 18.0 Å². The first-order valence-electron chi connectivity index (χ1n) is 14.4. The molecule has 0 radical (unpaired) electrons. The molecule has 46 heavy (non-hydrogen) atoms. The fourth-order valence-corrected chi connectivity index (χ4v) is 6.65. The Bertz CT molecular complexity index is 1750. The molecule has 9 nitrogen and oxygen atoms in total. The number of amides is 2. The zero-order chi connectivity index (χ0) is 33.3. The summed E-state index contributed by atoms with van der Waals surface area (Å²) in [7, 11) is -1.53. The average molecular weight is 685 g/mol. The monoisotopic (exact) mass is 683 g/mol. The number of hydrogen-bond acceptors (Lipinski definition) is 6. The van der Waals surface area contributed by atoms with E-state index in [4.69, 9.17) is 32.7 Å². The first-order chi connectivity index (χ1) is 22.1. The number of carbonyl (C=O) groups excluding carboxylic acids is 2. The summed E-state index contributed by atoms with van der Waals surface area (Å²) in [5.41, 5.74) is 1.62. The Hall–Kier alpha value is -4.25. The van der Waals surface area contributed by atoms with Gasteiger partial charge in [-0.05, 0) is 60.5 Å². The molecule has 0 aliphatic rings. The number of nitrogens with zero attached hydrogens (tertiary/aromatic N) is 2. The van der Waals surface area contributed by atoms with E-state index in [2.05, 4.69) is 5.32 Å². The van der Waals surface area contributed by atoms with Crippen molar-refractivity contribution < 1.29 is 27.5 Å². The van der Waals surface area contributed by atoms with Crippen molar-refractivity contribution in [3.63, 3.8) is 0 Å². The normalized spacial score (nSPS) is 11.8. The van der Waals surface area contributed by atoms with Gasteiger partial charge in [0.05, 0.1) is 24.8 Å². The minimum Gasteiger partial charge on any atom is -0.493 e. The Labute approximate surface area is 279 Å². The molecule has 4 aromatic rings. The highest BCUT2D eigenvalue weighted by molar-refractivity contribution is 7.92. The van der Waals surface area contributed by atoms with E-state index in [1.807, 2.05) is 30.3 Å². The molecule has 4 rings (SSSR count). The molecule has 0 saturated carbocycles. The number of likely N-dealkylation sites (N-methyl/N-ethyl adjacent to an activating group) is 1. The molecule has 0 unspecified atom stereocenters. The Morgan fingerprint density at radius 1 is 0.848 bits per heavy atom. The lowest BCUT2D eigenvalue weighted by Gasteiger charge is -2.34. The average Bonchev–Trinajstić information content (AvgIpc) is 3.06. The van der Waals surface area contributed by atoms with Gasteiger partial charge in [-0.15, -0.1) is 0 Å². The molecule has 0 fully saturated rings. The molecular formula is C34H35Cl2N3O6S. The SMILES string of the molecule is CCNC(=O)[C@@H](Cc1ccccc1)N(Cc1ccccc1Cl)C(=O)CN(c1ccc(Cl)cc1)S(=O)(=O)c1ccc(OC)c(OC)c1. The van der Waals surface area contributed by atoms with Crippen LogP contribution in [0.15, 0.2) is 102 Å². The molecular weight excluding hydrogens is 649 g/mol. The van der Waals surface area contributed by atoms with Gasteiger partial charge < -0.3 is 19.7 Å². The highest BCUT2D eigenvalue weighted by Crippen LogP contribution is 2.33. The van der Waals surface area contributed by atoms with Crippen molar-refractivity contribution in [1.82, 2.24) is 10.2 Å². The Balaban J connectivity index is 1.82. The van der Waals surface area contributed by atoms with Gasteiger partial charge in [0.2, 0.25) is 11.8 Å². The number of rotatable bonds is 14. The van der Waals surface area contributed by atoms with E-state index in [1.165, 1.54) is 61.6 Å². The second-order valence-corrected chi connectivity index (χ2v) is 12.9. The Kier molecular flexibility index (Phi) is 11.9. The van der Waals surface area contributed by atoms with Gasteiger partial charge in [-0.2, -0.15) is 0 Å². The van der Waals surface area contributed by atoms with Crippen molar-refractivity contribution in [2.24, 2.45) is 0 Å². The standard InChI is InChI=1S/C34H35Cl2N3O6S/c1-4-37-34(41)30(20-24-10-6-5-7-11-24)38(22-25-12-8-9-13-29(25)36)33(40)23-39(27-16-14-26(35)15-17-27)46(42,43)28-18-19-31(44-2)32(21-28)45-3/h5-19,21,30H,4,20,22-23H2,1-3H3,(H,37,41)/t30-/m1/s1. The van der Waals surface area contributed by atoms with E-state index in [-0.39, 0.29) is 35.2 Å². The van der Waals surface area contributed by atoms with Crippen LogP contribution in [-0.2, 0) is 32.6 Å². The summed E-state index contributed by atoms with van der Waals surface area (Å²) < 4.78 is 40.2. The van der Waals surface area contributed by atoms with Crippen molar-refractivity contribution in [3.05, 3.63) is 118 Å². The minimum atomic E-state index is -4.37. The fraction of sp³-hybridized carbons (Fsp3) is 0.235. The number of carbonyl (C=O) groups is 2. The van der Waals surface area contributed by atoms with Crippen LogP contribution in [0, 0.1) is 0 Å². The third-order valence-corrected chi connectivity index (χ3v) is 9.65. The third kappa shape index (κ3) is 8.31. The number of ether oxygens (including phenoxy) is 2. The molecule has 242 valence electrons. The maximum atomic E-state index is 14.5. The van der Waals surface area contributed by atoms with Crippen LogP contribution in [0.3, 0.4) is 0 Å². The summed E-state index contributed by atoms with van der Waals surface area (Å²) in [5, 5.41) is 3.63. The number of anilines is 1. The molecule has 1 atom stereocenters. The van der Waals surface area contributed by atoms with E-state index in [1.54, 1.807) is 31.2 Å². The number of halogens is 2. The lowest BCUT2D eigenvalue weighted by Crippen LogP contribution is -2.53. The van der Waals surface area contributed by atoms with Crippen LogP contribution in [0.5, 0.6) is 11.5 Å². The van der Waals surface area contributed by atoms with Crippen LogP contribution >= 0.6 is 23.2 Å². The Morgan fingerprint density at radius 2 is 1.50 bits per heavy atom. The van der Waals surface area contributed by atoms with Gasteiger partial charge in [-0.1, -0.05) is 71.7 Å². The van der Waals surface area contributed by atoms with Crippen LogP contribution in [0.25, 0.3) is 0 Å². The summed E-state index contributed by atoms with van der Waals surface area (Å²) in [4.78, 5) is 29.3. The summed E-state index contributed by atoms with van der Waals surface area (Å²) in [6.45, 7) is 1.45. The predicted octanol–water partition coefficient (Wildman–Crippen LogP) is 5.98.